The summed E-state index contributed by atoms with van der Waals surface area (Å²) in [5.74, 6) is -0.0624. The summed E-state index contributed by atoms with van der Waals surface area (Å²) in [5.41, 5.74) is 10.1. The average Bonchev–Trinajstić information content (AvgIpc) is 3.23. The summed E-state index contributed by atoms with van der Waals surface area (Å²) in [6.45, 7) is 1.75. The van der Waals surface area contributed by atoms with Crippen molar-refractivity contribution in [3.8, 4) is 5.75 Å². The van der Waals surface area contributed by atoms with Gasteiger partial charge >= 0.3 is 5.91 Å². The predicted molar refractivity (Wildman–Crippen MR) is 132 cm³/mol. The second kappa shape index (κ2) is 10.6. The molecule has 3 aromatic rings. The van der Waals surface area contributed by atoms with Gasteiger partial charge in [0.05, 0.1) is 18.4 Å². The SMILES string of the molecule is COc1ccc(C(=O)N/N=C2\CCCc3oc(C(=O)NNC(=O)c4ccccc4Br)c(C)c32)cc1. The zero-order valence-electron chi connectivity index (χ0n) is 19.1. The van der Waals surface area contributed by atoms with Gasteiger partial charge in [-0.1, -0.05) is 12.1 Å². The first kappa shape index (κ1) is 24.2. The number of methoxy groups -OCH3 is 1. The van der Waals surface area contributed by atoms with Gasteiger partial charge in [0.1, 0.15) is 11.5 Å². The van der Waals surface area contributed by atoms with Crippen LogP contribution in [0.15, 0.2) is 62.5 Å². The van der Waals surface area contributed by atoms with Crippen molar-refractivity contribution in [1.29, 1.82) is 0 Å². The number of nitrogens with zero attached hydrogens (tertiary/aromatic N) is 1. The van der Waals surface area contributed by atoms with Crippen molar-refractivity contribution in [2.45, 2.75) is 26.2 Å². The summed E-state index contributed by atoms with van der Waals surface area (Å²) in [7, 11) is 1.56. The molecule has 10 heteroatoms. The number of furan rings is 1. The van der Waals surface area contributed by atoms with Gasteiger partial charge in [0, 0.05) is 27.6 Å². The van der Waals surface area contributed by atoms with Crippen LogP contribution in [0.2, 0.25) is 0 Å². The molecule has 1 aliphatic carbocycles. The summed E-state index contributed by atoms with van der Waals surface area (Å²) in [6.07, 6.45) is 2.02. The van der Waals surface area contributed by atoms with Crippen molar-refractivity contribution >= 4 is 39.4 Å². The molecule has 0 radical (unpaired) electrons. The van der Waals surface area contributed by atoms with E-state index in [1.54, 1.807) is 62.6 Å². The quantitative estimate of drug-likeness (QED) is 0.425. The van der Waals surface area contributed by atoms with Crippen LogP contribution < -0.4 is 21.0 Å². The second-order valence-corrected chi connectivity index (χ2v) is 8.68. The minimum absolute atomic E-state index is 0.0820. The molecule has 0 saturated carbocycles. The molecule has 1 aromatic heterocycles. The molecule has 180 valence electrons. The van der Waals surface area contributed by atoms with E-state index in [0.717, 1.165) is 6.42 Å². The lowest BCUT2D eigenvalue weighted by Gasteiger charge is -2.13. The van der Waals surface area contributed by atoms with Crippen LogP contribution in [0.25, 0.3) is 0 Å². The van der Waals surface area contributed by atoms with Gasteiger partial charge in [-0.05, 0) is 72.1 Å². The number of rotatable bonds is 5. The van der Waals surface area contributed by atoms with Crippen LogP contribution in [0.3, 0.4) is 0 Å². The smallest absolute Gasteiger partial charge is 0.305 e. The largest absolute Gasteiger partial charge is 0.497 e. The van der Waals surface area contributed by atoms with Crippen molar-refractivity contribution in [3.05, 3.63) is 86.8 Å². The highest BCUT2D eigenvalue weighted by atomic mass is 79.9. The van der Waals surface area contributed by atoms with Crippen molar-refractivity contribution in [3.63, 3.8) is 0 Å². The second-order valence-electron chi connectivity index (χ2n) is 7.82. The Balaban J connectivity index is 1.47. The topological polar surface area (TPSA) is 122 Å². The highest BCUT2D eigenvalue weighted by molar-refractivity contribution is 9.10. The number of ether oxygens (including phenoxy) is 1. The first-order valence-corrected chi connectivity index (χ1v) is 11.7. The van der Waals surface area contributed by atoms with E-state index in [9.17, 15) is 14.4 Å². The van der Waals surface area contributed by atoms with Gasteiger partial charge in [-0.2, -0.15) is 5.10 Å². The molecule has 0 aliphatic heterocycles. The van der Waals surface area contributed by atoms with Gasteiger partial charge < -0.3 is 9.15 Å². The lowest BCUT2D eigenvalue weighted by Crippen LogP contribution is -2.41. The number of carbonyl (C=O) groups is 3. The predicted octanol–water partition coefficient (Wildman–Crippen LogP) is 3.90. The van der Waals surface area contributed by atoms with Gasteiger partial charge in [0.15, 0.2) is 5.76 Å². The first-order valence-electron chi connectivity index (χ1n) is 10.9. The van der Waals surface area contributed by atoms with E-state index >= 15 is 0 Å². The van der Waals surface area contributed by atoms with Crippen LogP contribution in [0.4, 0.5) is 0 Å². The maximum atomic E-state index is 12.8. The normalized spacial score (nSPS) is 13.6. The zero-order chi connectivity index (χ0) is 24.9. The lowest BCUT2D eigenvalue weighted by atomic mass is 9.93. The molecule has 0 atom stereocenters. The Morgan fingerprint density at radius 1 is 0.971 bits per heavy atom. The lowest BCUT2D eigenvalue weighted by molar-refractivity contribution is 0.0829. The fraction of sp³-hybridized carbons (Fsp3) is 0.200. The van der Waals surface area contributed by atoms with E-state index in [1.807, 2.05) is 0 Å². The van der Waals surface area contributed by atoms with Crippen molar-refractivity contribution in [2.24, 2.45) is 5.10 Å². The molecule has 3 N–H and O–H groups in total. The maximum Gasteiger partial charge on any atom is 0.305 e. The molecule has 4 rings (SSSR count). The number of hydrogen-bond acceptors (Lipinski definition) is 6. The monoisotopic (exact) mass is 538 g/mol. The Kier molecular flexibility index (Phi) is 7.31. The average molecular weight is 539 g/mol. The summed E-state index contributed by atoms with van der Waals surface area (Å²) in [5, 5.41) is 4.32. The van der Waals surface area contributed by atoms with Crippen molar-refractivity contribution in [2.75, 3.05) is 7.11 Å². The van der Waals surface area contributed by atoms with Gasteiger partial charge in [-0.15, -0.1) is 0 Å². The molecular weight excluding hydrogens is 516 g/mol. The zero-order valence-corrected chi connectivity index (χ0v) is 20.7. The summed E-state index contributed by atoms with van der Waals surface area (Å²) in [6, 6.07) is 13.6. The summed E-state index contributed by atoms with van der Waals surface area (Å²) < 4.78 is 11.5. The summed E-state index contributed by atoms with van der Waals surface area (Å²) >= 11 is 3.31. The Bertz CT molecular complexity index is 1310. The number of aryl methyl sites for hydroxylation is 1. The molecule has 1 aliphatic rings. The Morgan fingerprint density at radius 2 is 1.69 bits per heavy atom. The number of hydrazone groups is 1. The molecule has 3 amide bonds. The minimum atomic E-state index is -0.584. The standard InChI is InChI=1S/C25H23BrN4O5/c1-14-21-19(27-28-23(31)15-10-12-16(34-2)13-11-15)8-5-9-20(21)35-22(14)25(33)30-29-24(32)17-6-3-4-7-18(17)26/h3-4,6-7,10-13H,5,8-9H2,1-2H3,(H,28,31)(H,29,32)(H,30,33)/b27-19+. The van der Waals surface area contributed by atoms with Crippen LogP contribution in [-0.2, 0) is 6.42 Å². The number of amides is 3. The van der Waals surface area contributed by atoms with Crippen LogP contribution in [0, 0.1) is 6.92 Å². The fourth-order valence-corrected chi connectivity index (χ4v) is 4.27. The third-order valence-corrected chi connectivity index (χ3v) is 6.28. The molecule has 1 heterocycles. The number of nitrogens with one attached hydrogen (secondary N) is 3. The fourth-order valence-electron chi connectivity index (χ4n) is 3.80. The van der Waals surface area contributed by atoms with Gasteiger partial charge in [-0.25, -0.2) is 5.43 Å². The molecule has 0 spiro atoms. The van der Waals surface area contributed by atoms with Crippen molar-refractivity contribution in [1.82, 2.24) is 16.3 Å². The Labute approximate surface area is 210 Å². The van der Waals surface area contributed by atoms with Crippen LogP contribution in [0.5, 0.6) is 5.75 Å². The van der Waals surface area contributed by atoms with E-state index < -0.39 is 11.8 Å². The van der Waals surface area contributed by atoms with Crippen LogP contribution in [-0.4, -0.2) is 30.5 Å². The molecule has 2 aromatic carbocycles. The third-order valence-electron chi connectivity index (χ3n) is 5.58. The molecule has 35 heavy (non-hydrogen) atoms. The van der Waals surface area contributed by atoms with E-state index in [4.69, 9.17) is 9.15 Å². The highest BCUT2D eigenvalue weighted by Crippen LogP contribution is 2.30. The molecule has 0 unspecified atom stereocenters. The van der Waals surface area contributed by atoms with E-state index in [0.29, 0.717) is 56.8 Å². The van der Waals surface area contributed by atoms with Gasteiger partial charge in [-0.3, -0.25) is 25.2 Å². The first-order chi connectivity index (χ1) is 16.9. The number of carbonyl (C=O) groups excluding carboxylic acids is 3. The summed E-state index contributed by atoms with van der Waals surface area (Å²) in [4.78, 5) is 37.6. The van der Waals surface area contributed by atoms with E-state index in [1.165, 1.54) is 0 Å². The molecule has 0 fully saturated rings. The number of fused-ring (bicyclic) bond motifs is 1. The molecule has 0 saturated heterocycles. The van der Waals surface area contributed by atoms with E-state index in [2.05, 4.69) is 37.3 Å². The number of halogens is 1. The maximum absolute atomic E-state index is 12.8. The molecule has 9 nitrogen and oxygen atoms in total. The Hall–Kier alpha value is -3.92. The number of benzene rings is 2. The third kappa shape index (κ3) is 5.27. The highest BCUT2D eigenvalue weighted by Gasteiger charge is 2.28. The molecular formula is C25H23BrN4O5. The van der Waals surface area contributed by atoms with Gasteiger partial charge in [0.25, 0.3) is 11.8 Å². The molecule has 0 bridgehead atoms. The Morgan fingerprint density at radius 3 is 2.40 bits per heavy atom. The van der Waals surface area contributed by atoms with Crippen LogP contribution in [0.1, 0.15) is 61.0 Å². The van der Waals surface area contributed by atoms with Crippen molar-refractivity contribution < 1.29 is 23.5 Å². The number of hydrogen-bond donors (Lipinski definition) is 3. The van der Waals surface area contributed by atoms with Gasteiger partial charge in [0.2, 0.25) is 0 Å². The van der Waals surface area contributed by atoms with Crippen LogP contribution >= 0.6 is 15.9 Å². The number of hydrazine groups is 1. The minimum Gasteiger partial charge on any atom is -0.497 e. The van der Waals surface area contributed by atoms with E-state index in [-0.39, 0.29) is 11.7 Å².